The van der Waals surface area contributed by atoms with Gasteiger partial charge in [-0.05, 0) is 56.2 Å². The zero-order chi connectivity index (χ0) is 26.0. The van der Waals surface area contributed by atoms with Crippen molar-refractivity contribution in [3.8, 4) is 11.5 Å². The third-order valence-corrected chi connectivity index (χ3v) is 7.79. The number of sulfonamides is 1. The molecule has 1 unspecified atom stereocenters. The number of benzene rings is 2. The van der Waals surface area contributed by atoms with Gasteiger partial charge in [-0.25, -0.2) is 18.1 Å². The van der Waals surface area contributed by atoms with Gasteiger partial charge in [0.05, 0.1) is 5.02 Å². The van der Waals surface area contributed by atoms with E-state index in [0.717, 1.165) is 5.56 Å². The molecule has 0 amide bonds. The van der Waals surface area contributed by atoms with Crippen LogP contribution in [0.2, 0.25) is 5.02 Å². The lowest BCUT2D eigenvalue weighted by Gasteiger charge is -2.12. The Morgan fingerprint density at radius 2 is 1.86 bits per heavy atom. The number of phenolic OH excluding ortho intramolecular Hbond substituents is 1. The fourth-order valence-corrected chi connectivity index (χ4v) is 5.68. The Hall–Kier alpha value is -3.19. The molecule has 0 radical (unpaired) electrons. The second-order valence-electron chi connectivity index (χ2n) is 7.97. The third-order valence-electron chi connectivity index (χ3n) is 5.28. The van der Waals surface area contributed by atoms with E-state index in [2.05, 4.69) is 19.6 Å². The SMILES string of the molecule is Cc1ccc2c(Cl)cc(S(=O)(=O)NCCc3ccc(NS(=O)Oc4c(C)noc4C)cc3)c(O)c2n1. The predicted octanol–water partition coefficient (Wildman–Crippen LogP) is 4.10. The molecule has 2 heterocycles. The molecule has 2 aromatic carbocycles. The zero-order valence-corrected chi connectivity index (χ0v) is 21.9. The Balaban J connectivity index is 1.37. The average Bonchev–Trinajstić information content (AvgIpc) is 3.14. The van der Waals surface area contributed by atoms with Gasteiger partial charge in [-0.3, -0.25) is 4.72 Å². The minimum atomic E-state index is -4.05. The fourth-order valence-electron chi connectivity index (χ4n) is 3.45. The predicted molar refractivity (Wildman–Crippen MR) is 137 cm³/mol. The van der Waals surface area contributed by atoms with Crippen molar-refractivity contribution in [1.29, 1.82) is 0 Å². The summed E-state index contributed by atoms with van der Waals surface area (Å²) in [5.74, 6) is 0.285. The molecule has 0 aliphatic carbocycles. The van der Waals surface area contributed by atoms with Crippen molar-refractivity contribution < 1.29 is 26.4 Å². The highest BCUT2D eigenvalue weighted by Gasteiger charge is 2.23. The Kier molecular flexibility index (Phi) is 7.50. The van der Waals surface area contributed by atoms with E-state index in [1.54, 1.807) is 57.2 Å². The molecule has 36 heavy (non-hydrogen) atoms. The van der Waals surface area contributed by atoms with Crippen LogP contribution in [0, 0.1) is 20.8 Å². The highest BCUT2D eigenvalue weighted by atomic mass is 35.5. The molecule has 4 aromatic rings. The van der Waals surface area contributed by atoms with Gasteiger partial charge in [0.1, 0.15) is 16.1 Å². The largest absolute Gasteiger partial charge is 0.504 e. The Morgan fingerprint density at radius 1 is 1.14 bits per heavy atom. The number of aromatic nitrogens is 2. The molecule has 1 atom stereocenters. The van der Waals surface area contributed by atoms with Gasteiger partial charge in [-0.15, -0.1) is 0 Å². The molecular weight excluding hydrogens is 528 g/mol. The van der Waals surface area contributed by atoms with Gasteiger partial charge in [-0.2, -0.15) is 4.21 Å². The van der Waals surface area contributed by atoms with Crippen molar-refractivity contribution in [2.45, 2.75) is 32.1 Å². The van der Waals surface area contributed by atoms with Crippen LogP contribution < -0.4 is 13.6 Å². The number of halogens is 1. The summed E-state index contributed by atoms with van der Waals surface area (Å²) in [6.45, 7) is 5.15. The van der Waals surface area contributed by atoms with Gasteiger partial charge >= 0.3 is 11.3 Å². The maximum atomic E-state index is 12.9. The van der Waals surface area contributed by atoms with Gasteiger partial charge in [0, 0.05) is 30.2 Å². The van der Waals surface area contributed by atoms with Crippen LogP contribution in [-0.4, -0.2) is 34.4 Å². The molecule has 0 aliphatic heterocycles. The lowest BCUT2D eigenvalue weighted by Crippen LogP contribution is -2.26. The zero-order valence-electron chi connectivity index (χ0n) is 19.5. The summed E-state index contributed by atoms with van der Waals surface area (Å²) in [4.78, 5) is 3.89. The molecule has 0 saturated heterocycles. The van der Waals surface area contributed by atoms with E-state index >= 15 is 0 Å². The lowest BCUT2D eigenvalue weighted by atomic mass is 10.1. The van der Waals surface area contributed by atoms with Gasteiger partial charge < -0.3 is 13.8 Å². The maximum absolute atomic E-state index is 12.9. The second-order valence-corrected chi connectivity index (χ2v) is 11.0. The quantitative estimate of drug-likeness (QED) is 0.282. The topological polar surface area (TPSA) is 144 Å². The number of nitrogens with zero attached hydrogens (tertiary/aromatic N) is 2. The van der Waals surface area contributed by atoms with Gasteiger partial charge in [-0.1, -0.05) is 28.9 Å². The molecule has 0 aliphatic rings. The smallest absolute Gasteiger partial charge is 0.316 e. The van der Waals surface area contributed by atoms with E-state index in [1.807, 2.05) is 0 Å². The monoisotopic (exact) mass is 550 g/mol. The van der Waals surface area contributed by atoms with E-state index in [9.17, 15) is 17.7 Å². The molecular formula is C23H23ClN4O6S2. The lowest BCUT2D eigenvalue weighted by molar-refractivity contribution is 0.389. The molecule has 0 spiro atoms. The Morgan fingerprint density at radius 3 is 2.53 bits per heavy atom. The van der Waals surface area contributed by atoms with Crippen LogP contribution in [0.25, 0.3) is 10.9 Å². The third kappa shape index (κ3) is 5.62. The molecule has 0 bridgehead atoms. The average molecular weight is 551 g/mol. The van der Waals surface area contributed by atoms with Crippen LogP contribution in [0.3, 0.4) is 0 Å². The van der Waals surface area contributed by atoms with Crippen LogP contribution in [0.15, 0.2) is 51.9 Å². The number of fused-ring (bicyclic) bond motifs is 1. The summed E-state index contributed by atoms with van der Waals surface area (Å²) in [5.41, 5.74) is 2.61. The molecule has 10 nitrogen and oxygen atoms in total. The number of hydrogen-bond donors (Lipinski definition) is 3. The normalized spacial score (nSPS) is 12.6. The fraction of sp³-hybridized carbons (Fsp3) is 0.217. The van der Waals surface area contributed by atoms with Gasteiger partial charge in [0.25, 0.3) is 0 Å². The van der Waals surface area contributed by atoms with E-state index in [4.69, 9.17) is 20.3 Å². The minimum absolute atomic E-state index is 0.0759. The van der Waals surface area contributed by atoms with Crippen LogP contribution in [0.1, 0.15) is 22.7 Å². The summed E-state index contributed by atoms with van der Waals surface area (Å²) < 4.78 is 53.5. The van der Waals surface area contributed by atoms with Crippen molar-refractivity contribution in [1.82, 2.24) is 14.9 Å². The van der Waals surface area contributed by atoms with E-state index < -0.39 is 27.0 Å². The molecule has 0 saturated carbocycles. The highest BCUT2D eigenvalue weighted by molar-refractivity contribution is 7.89. The number of nitrogens with one attached hydrogen (secondary N) is 2. The van der Waals surface area contributed by atoms with E-state index in [1.165, 1.54) is 6.07 Å². The van der Waals surface area contributed by atoms with Gasteiger partial charge in [0.2, 0.25) is 15.8 Å². The standard InChI is InChI=1S/C23H23ClN4O6S2/c1-13-4-9-18-19(24)12-20(22(29)21(18)26-13)36(31,32)25-11-10-16-5-7-17(8-6-16)28-35(30)34-23-14(2)27-33-15(23)3/h4-9,12,25,28-29H,10-11H2,1-3H3. The Labute approximate surface area is 215 Å². The number of aryl methyl sites for hydroxylation is 3. The van der Waals surface area contributed by atoms with Crippen molar-refractivity contribution >= 4 is 49.5 Å². The number of hydrogen-bond acceptors (Lipinski definition) is 8. The van der Waals surface area contributed by atoms with Crippen molar-refractivity contribution in [2.75, 3.05) is 11.3 Å². The number of aromatic hydroxyl groups is 1. The molecule has 190 valence electrons. The van der Waals surface area contributed by atoms with Crippen LogP contribution >= 0.6 is 11.6 Å². The number of rotatable bonds is 9. The number of anilines is 1. The molecule has 13 heteroatoms. The van der Waals surface area contributed by atoms with Crippen molar-refractivity contribution in [2.24, 2.45) is 0 Å². The summed E-state index contributed by atoms with van der Waals surface area (Å²) in [7, 11) is -4.05. The number of phenols is 1. The summed E-state index contributed by atoms with van der Waals surface area (Å²) in [6.07, 6.45) is 0.373. The van der Waals surface area contributed by atoms with Crippen molar-refractivity contribution in [3.63, 3.8) is 0 Å². The molecule has 2 aromatic heterocycles. The first kappa shape index (κ1) is 25.9. The van der Waals surface area contributed by atoms with Crippen LogP contribution in [0.5, 0.6) is 11.5 Å². The Bertz CT molecular complexity index is 1540. The summed E-state index contributed by atoms with van der Waals surface area (Å²) in [6, 6.07) is 11.5. The van der Waals surface area contributed by atoms with Crippen LogP contribution in [0.4, 0.5) is 5.69 Å². The maximum Gasteiger partial charge on any atom is 0.316 e. The van der Waals surface area contributed by atoms with E-state index in [0.29, 0.717) is 40.4 Å². The van der Waals surface area contributed by atoms with Crippen LogP contribution in [-0.2, 0) is 27.7 Å². The molecule has 0 fully saturated rings. The second kappa shape index (κ2) is 10.4. The molecule has 3 N–H and O–H groups in total. The highest BCUT2D eigenvalue weighted by Crippen LogP contribution is 2.35. The first-order valence-corrected chi connectivity index (χ1v) is 13.7. The number of pyridine rings is 1. The molecule has 4 rings (SSSR count). The summed E-state index contributed by atoms with van der Waals surface area (Å²) >= 11 is 4.38. The van der Waals surface area contributed by atoms with E-state index in [-0.39, 0.29) is 22.0 Å². The first-order chi connectivity index (χ1) is 17.0. The first-order valence-electron chi connectivity index (χ1n) is 10.7. The van der Waals surface area contributed by atoms with Crippen molar-refractivity contribution in [3.05, 3.63) is 70.2 Å². The minimum Gasteiger partial charge on any atom is -0.504 e. The van der Waals surface area contributed by atoms with Gasteiger partial charge in [0.15, 0.2) is 11.5 Å². The summed E-state index contributed by atoms with van der Waals surface area (Å²) in [5, 5.41) is 15.0.